The van der Waals surface area contributed by atoms with Crippen LogP contribution in [0, 0.1) is 5.92 Å². The highest BCUT2D eigenvalue weighted by Crippen LogP contribution is 2.34. The first-order valence-electron chi connectivity index (χ1n) is 8.40. The summed E-state index contributed by atoms with van der Waals surface area (Å²) in [5.41, 5.74) is 4.86. The first kappa shape index (κ1) is 19.0. The SMILES string of the molecule is C=C/C=C(/CNC(=C)C1CC1)C(=C)C.CC(C)c1ccccc1. The van der Waals surface area contributed by atoms with E-state index in [4.69, 9.17) is 0 Å². The molecule has 0 aliphatic heterocycles. The fraction of sp³-hybridized carbons (Fsp3) is 0.364. The molecule has 1 N–H and O–H groups in total. The van der Waals surface area contributed by atoms with Crippen LogP contribution >= 0.6 is 0 Å². The standard InChI is InChI=1S/C13H19N.C9H12/c1-5-6-13(10(2)3)9-14-11(4)12-7-8-12;1-8(2)9-6-4-3-5-7-9/h5-6,12,14H,1-2,4,7-9H2,3H3;3-8H,1-2H3/b13-6-;. The summed E-state index contributed by atoms with van der Waals surface area (Å²) < 4.78 is 0. The van der Waals surface area contributed by atoms with Gasteiger partial charge in [0.1, 0.15) is 0 Å². The number of nitrogens with one attached hydrogen (secondary N) is 1. The van der Waals surface area contributed by atoms with Crippen molar-refractivity contribution in [3.05, 3.63) is 84.6 Å². The van der Waals surface area contributed by atoms with Gasteiger partial charge in [0, 0.05) is 12.2 Å². The zero-order chi connectivity index (χ0) is 17.2. The highest BCUT2D eigenvalue weighted by Gasteiger charge is 2.24. The highest BCUT2D eigenvalue weighted by molar-refractivity contribution is 5.31. The normalized spacial score (nSPS) is 13.8. The summed E-state index contributed by atoms with van der Waals surface area (Å²) in [6.45, 7) is 18.9. The van der Waals surface area contributed by atoms with Crippen molar-refractivity contribution in [2.75, 3.05) is 6.54 Å². The second-order valence-corrected chi connectivity index (χ2v) is 6.43. The molecule has 1 fully saturated rings. The molecule has 0 saturated heterocycles. The first-order valence-corrected chi connectivity index (χ1v) is 8.40. The fourth-order valence-electron chi connectivity index (χ4n) is 2.12. The average molecular weight is 309 g/mol. The van der Waals surface area contributed by atoms with Crippen LogP contribution in [0.25, 0.3) is 0 Å². The minimum atomic E-state index is 0.659. The van der Waals surface area contributed by atoms with Gasteiger partial charge in [0.25, 0.3) is 0 Å². The van der Waals surface area contributed by atoms with E-state index >= 15 is 0 Å². The molecule has 1 aromatic rings. The van der Waals surface area contributed by atoms with Gasteiger partial charge in [-0.15, -0.1) is 0 Å². The molecule has 0 spiro atoms. The Hall–Kier alpha value is -2.02. The Labute approximate surface area is 142 Å². The molecule has 1 aliphatic carbocycles. The van der Waals surface area contributed by atoms with Crippen molar-refractivity contribution >= 4 is 0 Å². The second kappa shape index (κ2) is 9.89. The molecule has 0 amide bonds. The largest absolute Gasteiger partial charge is 0.385 e. The van der Waals surface area contributed by atoms with Gasteiger partial charge in [-0.3, -0.25) is 0 Å². The monoisotopic (exact) mass is 309 g/mol. The summed E-state index contributed by atoms with van der Waals surface area (Å²) in [6.07, 6.45) is 6.37. The fourth-order valence-corrected chi connectivity index (χ4v) is 2.12. The molecular weight excluding hydrogens is 278 g/mol. The van der Waals surface area contributed by atoms with E-state index in [1.54, 1.807) is 6.08 Å². The summed E-state index contributed by atoms with van der Waals surface area (Å²) in [4.78, 5) is 0. The Bertz CT molecular complexity index is 545. The first-order chi connectivity index (χ1) is 11.0. The maximum atomic E-state index is 4.01. The van der Waals surface area contributed by atoms with Crippen LogP contribution in [0.3, 0.4) is 0 Å². The van der Waals surface area contributed by atoms with Crippen LogP contribution < -0.4 is 5.32 Å². The molecule has 0 radical (unpaired) electrons. The molecule has 0 atom stereocenters. The molecule has 2 rings (SSSR count). The number of hydrogen-bond donors (Lipinski definition) is 1. The van der Waals surface area contributed by atoms with Crippen molar-refractivity contribution in [3.8, 4) is 0 Å². The summed E-state index contributed by atoms with van der Waals surface area (Å²) >= 11 is 0. The summed E-state index contributed by atoms with van der Waals surface area (Å²) in [5.74, 6) is 1.37. The van der Waals surface area contributed by atoms with Gasteiger partial charge in [-0.2, -0.15) is 0 Å². The molecule has 0 bridgehead atoms. The lowest BCUT2D eigenvalue weighted by atomic mass is 10.0. The average Bonchev–Trinajstić information content (AvgIpc) is 3.37. The predicted molar refractivity (Wildman–Crippen MR) is 103 cm³/mol. The predicted octanol–water partition coefficient (Wildman–Crippen LogP) is 6.00. The third-order valence-electron chi connectivity index (χ3n) is 3.91. The molecule has 1 saturated carbocycles. The van der Waals surface area contributed by atoms with Crippen LogP contribution in [0.2, 0.25) is 0 Å². The quantitative estimate of drug-likeness (QED) is 0.609. The van der Waals surface area contributed by atoms with Crippen molar-refractivity contribution in [1.82, 2.24) is 5.32 Å². The molecule has 0 aromatic heterocycles. The lowest BCUT2D eigenvalue weighted by Gasteiger charge is -2.11. The van der Waals surface area contributed by atoms with Crippen LogP contribution in [0.4, 0.5) is 0 Å². The van der Waals surface area contributed by atoms with Gasteiger partial charge in [-0.1, -0.05) is 81.6 Å². The molecule has 124 valence electrons. The Kier molecular flexibility index (Phi) is 8.18. The van der Waals surface area contributed by atoms with E-state index in [0.29, 0.717) is 11.8 Å². The van der Waals surface area contributed by atoms with Crippen molar-refractivity contribution in [2.24, 2.45) is 5.92 Å². The highest BCUT2D eigenvalue weighted by atomic mass is 14.9. The van der Waals surface area contributed by atoms with E-state index in [0.717, 1.165) is 12.1 Å². The number of allylic oxidation sites excluding steroid dienone is 3. The van der Waals surface area contributed by atoms with Gasteiger partial charge in [0.15, 0.2) is 0 Å². The minimum absolute atomic E-state index is 0.659. The van der Waals surface area contributed by atoms with E-state index in [1.165, 1.54) is 29.7 Å². The smallest absolute Gasteiger partial charge is 0.0400 e. The van der Waals surface area contributed by atoms with E-state index in [9.17, 15) is 0 Å². The van der Waals surface area contributed by atoms with Gasteiger partial charge in [0.2, 0.25) is 0 Å². The number of rotatable bonds is 7. The van der Waals surface area contributed by atoms with E-state index in [2.05, 4.69) is 63.2 Å². The maximum absolute atomic E-state index is 4.01. The van der Waals surface area contributed by atoms with Crippen molar-refractivity contribution in [3.63, 3.8) is 0 Å². The Morgan fingerprint density at radius 2 is 1.83 bits per heavy atom. The maximum Gasteiger partial charge on any atom is 0.0400 e. The number of hydrogen-bond acceptors (Lipinski definition) is 1. The lowest BCUT2D eigenvalue weighted by Crippen LogP contribution is -2.17. The molecule has 1 aromatic carbocycles. The van der Waals surface area contributed by atoms with E-state index in [1.807, 2.05) is 19.1 Å². The summed E-state index contributed by atoms with van der Waals surface area (Å²) in [7, 11) is 0. The topological polar surface area (TPSA) is 12.0 Å². The summed E-state index contributed by atoms with van der Waals surface area (Å²) in [6, 6.07) is 10.5. The second-order valence-electron chi connectivity index (χ2n) is 6.43. The van der Waals surface area contributed by atoms with Crippen LogP contribution in [0.15, 0.2) is 79.1 Å². The molecule has 1 nitrogen and oxygen atoms in total. The molecule has 1 aliphatic rings. The van der Waals surface area contributed by atoms with Gasteiger partial charge in [-0.25, -0.2) is 0 Å². The third-order valence-corrected chi connectivity index (χ3v) is 3.91. The van der Waals surface area contributed by atoms with Crippen LogP contribution in [-0.2, 0) is 0 Å². The Morgan fingerprint density at radius 3 is 2.22 bits per heavy atom. The molecule has 0 heterocycles. The molecular formula is C22H31N. The van der Waals surface area contributed by atoms with Gasteiger partial charge >= 0.3 is 0 Å². The molecule has 1 heteroatoms. The van der Waals surface area contributed by atoms with E-state index in [-0.39, 0.29) is 0 Å². The minimum Gasteiger partial charge on any atom is -0.385 e. The Morgan fingerprint density at radius 1 is 1.22 bits per heavy atom. The Balaban J connectivity index is 0.000000253. The molecule has 0 unspecified atom stereocenters. The van der Waals surface area contributed by atoms with Crippen LogP contribution in [-0.4, -0.2) is 6.54 Å². The van der Waals surface area contributed by atoms with Gasteiger partial charge in [0.05, 0.1) is 0 Å². The van der Waals surface area contributed by atoms with Gasteiger partial charge < -0.3 is 5.32 Å². The zero-order valence-electron chi connectivity index (χ0n) is 14.9. The van der Waals surface area contributed by atoms with E-state index < -0.39 is 0 Å². The van der Waals surface area contributed by atoms with Crippen molar-refractivity contribution < 1.29 is 0 Å². The lowest BCUT2D eigenvalue weighted by molar-refractivity contribution is 0.792. The molecule has 23 heavy (non-hydrogen) atoms. The van der Waals surface area contributed by atoms with Crippen LogP contribution in [0.5, 0.6) is 0 Å². The van der Waals surface area contributed by atoms with Crippen LogP contribution in [0.1, 0.15) is 45.1 Å². The van der Waals surface area contributed by atoms with Crippen molar-refractivity contribution in [1.29, 1.82) is 0 Å². The van der Waals surface area contributed by atoms with Gasteiger partial charge in [-0.05, 0) is 42.7 Å². The zero-order valence-corrected chi connectivity index (χ0v) is 14.9. The number of benzene rings is 1. The third kappa shape index (κ3) is 7.69. The van der Waals surface area contributed by atoms with Crippen molar-refractivity contribution in [2.45, 2.75) is 39.5 Å². The summed E-state index contributed by atoms with van der Waals surface area (Å²) in [5, 5.41) is 3.34.